The summed E-state index contributed by atoms with van der Waals surface area (Å²) in [5.74, 6) is 0.741. The average molecular weight is 418 g/mol. The summed E-state index contributed by atoms with van der Waals surface area (Å²) >= 11 is 1.21. The molecular formula is C18H21F3N2O4S. The Hall–Kier alpha value is -1.94. The van der Waals surface area contributed by atoms with Crippen LogP contribution < -0.4 is 10.3 Å². The molecule has 0 spiro atoms. The molecule has 1 N–H and O–H groups in total. The zero-order valence-electron chi connectivity index (χ0n) is 15.1. The van der Waals surface area contributed by atoms with Gasteiger partial charge in [0.25, 0.3) is 5.56 Å². The first-order valence-electron chi connectivity index (χ1n) is 8.99. The van der Waals surface area contributed by atoms with E-state index in [2.05, 4.69) is 9.97 Å². The van der Waals surface area contributed by atoms with E-state index in [-0.39, 0.29) is 5.75 Å². The molecule has 0 aromatic carbocycles. The third-order valence-corrected chi connectivity index (χ3v) is 5.07. The predicted molar refractivity (Wildman–Crippen MR) is 97.2 cm³/mol. The number of ether oxygens (including phenoxy) is 3. The van der Waals surface area contributed by atoms with Crippen molar-refractivity contribution in [2.24, 2.45) is 0 Å². The Morgan fingerprint density at radius 1 is 1.36 bits per heavy atom. The molecule has 1 aromatic rings. The summed E-state index contributed by atoms with van der Waals surface area (Å²) in [5.41, 5.74) is 0.229. The molecule has 1 unspecified atom stereocenters. The average Bonchev–Trinajstić information content (AvgIpc) is 2.67. The number of alkyl halides is 3. The fourth-order valence-electron chi connectivity index (χ4n) is 2.77. The maximum Gasteiger partial charge on any atom is 0.422 e. The molecule has 6 nitrogen and oxygen atoms in total. The summed E-state index contributed by atoms with van der Waals surface area (Å²) in [6.07, 6.45) is 3.87. The monoisotopic (exact) mass is 418 g/mol. The number of hydrogen-bond acceptors (Lipinski definition) is 6. The first kappa shape index (κ1) is 20.8. The molecule has 0 radical (unpaired) electrons. The Balaban J connectivity index is 1.59. The second-order valence-electron chi connectivity index (χ2n) is 6.38. The number of H-pyrrole nitrogens is 1. The van der Waals surface area contributed by atoms with Crippen LogP contribution in [0.15, 0.2) is 39.6 Å². The summed E-state index contributed by atoms with van der Waals surface area (Å²) in [5, 5.41) is 0.351. The first-order valence-corrected chi connectivity index (χ1v) is 9.98. The van der Waals surface area contributed by atoms with Crippen LogP contribution in [0.2, 0.25) is 0 Å². The van der Waals surface area contributed by atoms with Gasteiger partial charge in [0.1, 0.15) is 5.76 Å². The van der Waals surface area contributed by atoms with Crippen molar-refractivity contribution in [2.45, 2.75) is 49.7 Å². The smallest absolute Gasteiger partial charge is 0.422 e. The quantitative estimate of drug-likeness (QED) is 0.534. The number of hydrogen-bond donors (Lipinski definition) is 1. The van der Waals surface area contributed by atoms with Crippen molar-refractivity contribution >= 4 is 11.8 Å². The third-order valence-electron chi connectivity index (χ3n) is 4.13. The van der Waals surface area contributed by atoms with Gasteiger partial charge < -0.3 is 14.2 Å². The SMILES string of the molecule is O=c1[nH]c(SCC2=C(OCC(F)(F)F)CCC=C2)ncc1OC1CCCCO1. The lowest BCUT2D eigenvalue weighted by Crippen LogP contribution is -2.27. The van der Waals surface area contributed by atoms with Crippen molar-refractivity contribution in [1.29, 1.82) is 0 Å². The summed E-state index contributed by atoms with van der Waals surface area (Å²) < 4.78 is 53.1. The fraction of sp³-hybridized carbons (Fsp3) is 0.556. The molecule has 3 rings (SSSR count). The minimum Gasteiger partial charge on any atom is -0.488 e. The van der Waals surface area contributed by atoms with E-state index in [4.69, 9.17) is 14.2 Å². The zero-order chi connectivity index (χ0) is 20.0. The van der Waals surface area contributed by atoms with Crippen LogP contribution in [0.25, 0.3) is 0 Å². The van der Waals surface area contributed by atoms with Crippen molar-refractivity contribution in [3.63, 3.8) is 0 Å². The maximum atomic E-state index is 12.4. The van der Waals surface area contributed by atoms with Gasteiger partial charge in [-0.3, -0.25) is 9.78 Å². The van der Waals surface area contributed by atoms with Gasteiger partial charge >= 0.3 is 6.18 Å². The molecule has 0 saturated carbocycles. The highest BCUT2D eigenvalue weighted by molar-refractivity contribution is 7.99. The molecule has 1 atom stereocenters. The molecule has 0 bridgehead atoms. The highest BCUT2D eigenvalue weighted by Gasteiger charge is 2.29. The van der Waals surface area contributed by atoms with Crippen LogP contribution in [0.1, 0.15) is 32.1 Å². The lowest BCUT2D eigenvalue weighted by atomic mass is 10.1. The number of nitrogens with one attached hydrogen (secondary N) is 1. The summed E-state index contributed by atoms with van der Waals surface area (Å²) in [7, 11) is 0. The van der Waals surface area contributed by atoms with Gasteiger partial charge in [0.15, 0.2) is 18.1 Å². The van der Waals surface area contributed by atoms with Crippen molar-refractivity contribution in [1.82, 2.24) is 9.97 Å². The van der Waals surface area contributed by atoms with E-state index in [1.807, 2.05) is 6.08 Å². The van der Waals surface area contributed by atoms with Gasteiger partial charge in [-0.1, -0.05) is 23.9 Å². The van der Waals surface area contributed by atoms with Gasteiger partial charge in [0.05, 0.1) is 12.8 Å². The topological polar surface area (TPSA) is 73.4 Å². The van der Waals surface area contributed by atoms with E-state index in [0.717, 1.165) is 19.3 Å². The van der Waals surface area contributed by atoms with Gasteiger partial charge in [-0.15, -0.1) is 0 Å². The Morgan fingerprint density at radius 2 is 2.21 bits per heavy atom. The van der Waals surface area contributed by atoms with Crippen molar-refractivity contribution < 1.29 is 27.4 Å². The largest absolute Gasteiger partial charge is 0.488 e. The van der Waals surface area contributed by atoms with Gasteiger partial charge in [-0.2, -0.15) is 13.2 Å². The van der Waals surface area contributed by atoms with E-state index in [1.54, 1.807) is 6.08 Å². The number of halogens is 3. The van der Waals surface area contributed by atoms with Crippen LogP contribution in [0.5, 0.6) is 5.75 Å². The van der Waals surface area contributed by atoms with E-state index in [1.165, 1.54) is 18.0 Å². The Bertz CT molecular complexity index is 786. The van der Waals surface area contributed by atoms with E-state index >= 15 is 0 Å². The Labute approximate surface area is 164 Å². The predicted octanol–water partition coefficient (Wildman–Crippen LogP) is 3.95. The van der Waals surface area contributed by atoms with Crippen LogP contribution in [-0.2, 0) is 9.47 Å². The highest BCUT2D eigenvalue weighted by Crippen LogP contribution is 2.27. The second-order valence-corrected chi connectivity index (χ2v) is 7.34. The van der Waals surface area contributed by atoms with E-state index in [9.17, 15) is 18.0 Å². The van der Waals surface area contributed by atoms with Gasteiger partial charge in [0, 0.05) is 18.6 Å². The standard InChI is InChI=1S/C18H21F3N2O4S/c19-18(20,21)11-26-13-6-2-1-5-12(13)10-28-17-22-9-14(16(24)23-17)27-15-7-3-4-8-25-15/h1,5,9,15H,2-4,6-8,10-11H2,(H,22,23,24). The summed E-state index contributed by atoms with van der Waals surface area (Å²) in [4.78, 5) is 19.0. The molecule has 1 aromatic heterocycles. The van der Waals surface area contributed by atoms with Gasteiger partial charge in [-0.25, -0.2) is 4.98 Å². The number of aromatic amines is 1. The Morgan fingerprint density at radius 3 is 2.93 bits per heavy atom. The molecule has 1 fully saturated rings. The summed E-state index contributed by atoms with van der Waals surface area (Å²) in [6.45, 7) is -0.708. The molecule has 2 heterocycles. The van der Waals surface area contributed by atoms with Crippen LogP contribution in [0.3, 0.4) is 0 Å². The molecule has 154 valence electrons. The summed E-state index contributed by atoms with van der Waals surface area (Å²) in [6, 6.07) is 0. The minimum atomic E-state index is -4.38. The van der Waals surface area contributed by atoms with Gasteiger partial charge in [0.2, 0.25) is 5.75 Å². The third kappa shape index (κ3) is 6.30. The van der Waals surface area contributed by atoms with Crippen molar-refractivity contribution in [3.8, 4) is 5.75 Å². The van der Waals surface area contributed by atoms with Crippen molar-refractivity contribution in [3.05, 3.63) is 40.0 Å². The fourth-order valence-corrected chi connectivity index (χ4v) is 3.61. The molecule has 1 aliphatic carbocycles. The van der Waals surface area contributed by atoms with Crippen molar-refractivity contribution in [2.75, 3.05) is 19.0 Å². The highest BCUT2D eigenvalue weighted by atomic mass is 32.2. The molecule has 1 aliphatic heterocycles. The minimum absolute atomic E-state index is 0.0854. The van der Waals surface area contributed by atoms with Crippen LogP contribution in [0, 0.1) is 0 Å². The molecule has 10 heteroatoms. The molecular weight excluding hydrogens is 397 g/mol. The van der Waals surface area contributed by atoms with E-state index in [0.29, 0.717) is 41.7 Å². The molecule has 28 heavy (non-hydrogen) atoms. The van der Waals surface area contributed by atoms with E-state index < -0.39 is 24.6 Å². The van der Waals surface area contributed by atoms with Gasteiger partial charge in [-0.05, 0) is 24.8 Å². The molecule has 1 saturated heterocycles. The molecule has 0 amide bonds. The molecule has 2 aliphatic rings. The number of nitrogens with zero attached hydrogens (tertiary/aromatic N) is 1. The van der Waals surface area contributed by atoms with Crippen LogP contribution >= 0.6 is 11.8 Å². The van der Waals surface area contributed by atoms with Crippen LogP contribution in [0.4, 0.5) is 13.2 Å². The number of aromatic nitrogens is 2. The first-order chi connectivity index (χ1) is 13.4. The normalized spacial score (nSPS) is 20.3. The number of allylic oxidation sites excluding steroid dienone is 3. The van der Waals surface area contributed by atoms with Crippen LogP contribution in [-0.4, -0.2) is 41.4 Å². The number of thioether (sulfide) groups is 1. The second kappa shape index (κ2) is 9.51. The Kier molecular flexibility index (Phi) is 7.06. The maximum absolute atomic E-state index is 12.4. The number of rotatable bonds is 7. The zero-order valence-corrected chi connectivity index (χ0v) is 15.9. The lowest BCUT2D eigenvalue weighted by Gasteiger charge is -2.22. The lowest BCUT2D eigenvalue weighted by molar-refractivity contribution is -0.165.